The summed E-state index contributed by atoms with van der Waals surface area (Å²) in [5, 5.41) is 53.7. The summed E-state index contributed by atoms with van der Waals surface area (Å²) >= 11 is 0. The summed E-state index contributed by atoms with van der Waals surface area (Å²) in [5.74, 6) is -5.91. The number of ether oxygens (including phenoxy) is 14. The molecule has 4 bridgehead atoms. The Labute approximate surface area is 693 Å². The van der Waals surface area contributed by atoms with E-state index in [1.54, 1.807) is 90.5 Å². The second kappa shape index (κ2) is 37.6. The van der Waals surface area contributed by atoms with Gasteiger partial charge < -0.3 is 97.4 Å². The lowest BCUT2D eigenvalue weighted by molar-refractivity contribution is -0.301. The van der Waals surface area contributed by atoms with Gasteiger partial charge in [-0.15, -0.1) is 0 Å². The Bertz CT molecular complexity index is 3830. The first kappa shape index (κ1) is 89.1. The molecule has 10 aliphatic heterocycles. The van der Waals surface area contributed by atoms with Crippen LogP contribution in [0.4, 0.5) is 21.0 Å². The van der Waals surface area contributed by atoms with Gasteiger partial charge in [0.1, 0.15) is 71.9 Å². The Kier molecular flexibility index (Phi) is 28.4. The number of allylic oxidation sites excluding steroid dienone is 4. The molecule has 2 spiro atoms. The van der Waals surface area contributed by atoms with Crippen LogP contribution in [0.3, 0.4) is 0 Å². The number of nitrogens with one attached hydrogen (secondary N) is 4. The maximum atomic E-state index is 14.6. The molecule has 118 heavy (non-hydrogen) atoms. The SMILES string of the molecule is CCC(C)[C@H]1O[C@]2(C=C[C@@H]1C)C[C@@H]1C[C@@H](C/C=C(\C)[C@@H](O[C@H]3C[C@H](OC)[C@@H](ONC(=O)Nc4cccc(NC(=O)NO[C@H]5[C@H](C)O[C@@H](O[C@@H]6/C(C)=C/C[C@@H]7C[C@@H](C[C@]8(C=C[C@H](C)[C@@H](C(C)CC)O8)O7)OC(=O)[C@@H]7C=C(C)[C@@H](O)[C@H]8OC/C(=C\C=C\[C@@H]6C)[C@]87O)C[C@@H]5OC)c4)[C@H](C)O3)[C@@H](C)/C=C/C=C3\CO[C@@H]4[C@H](O)C(C)=C[C@@H](C(=O)O1)[C@]34O)O2. The van der Waals surface area contributed by atoms with Crippen molar-refractivity contribution in [3.8, 4) is 0 Å². The predicted octanol–water partition coefficient (Wildman–Crippen LogP) is 11.5. The lowest BCUT2D eigenvalue weighted by Gasteiger charge is -2.48. The van der Waals surface area contributed by atoms with E-state index in [0.717, 1.165) is 24.0 Å². The first-order valence-electron chi connectivity index (χ1n) is 42.5. The number of esters is 2. The van der Waals surface area contributed by atoms with Crippen LogP contribution in [0.25, 0.3) is 0 Å². The van der Waals surface area contributed by atoms with Crippen LogP contribution in [0.2, 0.25) is 0 Å². The van der Waals surface area contributed by atoms with Gasteiger partial charge in [-0.05, 0) is 130 Å². The van der Waals surface area contributed by atoms with Crippen LogP contribution in [-0.2, 0) is 85.6 Å². The number of hydrogen-bond acceptors (Lipinski definition) is 24. The largest absolute Gasteiger partial charge is 0.462 e. The minimum absolute atomic E-state index is 0.0259. The highest BCUT2D eigenvalue weighted by Gasteiger charge is 2.62. The molecule has 1 aromatic carbocycles. The van der Waals surface area contributed by atoms with Gasteiger partial charge in [-0.2, -0.15) is 0 Å². The number of hydrogen-bond donors (Lipinski definition) is 8. The fourth-order valence-corrected chi connectivity index (χ4v) is 19.3. The van der Waals surface area contributed by atoms with Crippen LogP contribution in [0, 0.1) is 47.3 Å². The molecule has 650 valence electrons. The number of aliphatic hydroxyl groups excluding tert-OH is 2. The highest BCUT2D eigenvalue weighted by molar-refractivity contribution is 5.92. The maximum absolute atomic E-state index is 14.6. The summed E-state index contributed by atoms with van der Waals surface area (Å²) < 4.78 is 92.0. The summed E-state index contributed by atoms with van der Waals surface area (Å²) in [6.45, 7) is 27.8. The molecule has 28 heteroatoms. The molecule has 32 atom stereocenters. The molecule has 4 amide bonds. The standard InChI is InChI=1S/C90H126N4O24/c1-17-47(3)77-53(9)32-34-87(115-77)43-65-39-63(113-87)30-28-51(7)75(49(5)22-19-24-59-45-105-81-73(95)55(11)36-67(83(97)109-65)89(59,81)101)111-71-41-69(103-15)79(57(13)107-71)117-93-85(99)91-61-26-21-27-62(38-61)92-86(100)94-118-80-58(14)108-72(42-70(80)104-16)112-76-50(6)23-20-25-60-46-106-82-74(96)56(12)37-68(90(60,82)102)84(98)110-66-40-64(31-29-52(76)8)114-88(44-66)35-33-54(10)78(116-88)48(4)18-2/h19-29,32-38,47-50,53-54,57-58,63-82,95-96,101-102H,17-18,30-31,39-46H2,1-16H3,(H2,91,93,99)(H2,92,94,100)/b22-19+,23-20+,51-28+,52-29+,59-24+,60-25+/t47?,48?,49-,50-,53-,54-,57-,58-,63+,64+,65-,66-,67-,68-,69-,70-,71-,72-,73+,74+,75-,76-,77+,78+,79-,80-,81+,82+,87+,88+,89+,90+/m0/s1. The number of hydroxylamine groups is 2. The van der Waals surface area contributed by atoms with E-state index in [1.165, 1.54) is 0 Å². The Morgan fingerprint density at radius 3 is 1.35 bits per heavy atom. The van der Waals surface area contributed by atoms with E-state index >= 15 is 0 Å². The first-order chi connectivity index (χ1) is 56.3. The highest BCUT2D eigenvalue weighted by Crippen LogP contribution is 2.51. The Balaban J connectivity index is 0.626. The summed E-state index contributed by atoms with van der Waals surface area (Å²) in [5.41, 5.74) is 5.41. The van der Waals surface area contributed by atoms with Gasteiger partial charge in [-0.3, -0.25) is 19.3 Å². The number of methoxy groups -OCH3 is 2. The average molecular weight is 1650 g/mol. The van der Waals surface area contributed by atoms with Crippen molar-refractivity contribution in [2.75, 3.05) is 38.1 Å². The molecule has 1 aromatic rings. The van der Waals surface area contributed by atoms with E-state index in [4.69, 9.17) is 76.0 Å². The van der Waals surface area contributed by atoms with Gasteiger partial charge in [0, 0.05) is 87.8 Å². The van der Waals surface area contributed by atoms with E-state index in [0.29, 0.717) is 59.4 Å². The topological polar surface area (TPSA) is 345 Å². The number of carbonyl (C=O) groups excluding carboxylic acids is 4. The second-order valence-corrected chi connectivity index (χ2v) is 35.0. The van der Waals surface area contributed by atoms with E-state index in [2.05, 4.69) is 87.4 Å². The Morgan fingerprint density at radius 1 is 0.551 bits per heavy atom. The molecule has 6 fully saturated rings. The van der Waals surface area contributed by atoms with Gasteiger partial charge in [-0.25, -0.2) is 20.5 Å². The summed E-state index contributed by atoms with van der Waals surface area (Å²) in [6, 6.07) is 5.03. The zero-order valence-electron chi connectivity index (χ0n) is 71.0. The molecule has 0 aromatic heterocycles. The number of rotatable bonds is 16. The zero-order chi connectivity index (χ0) is 84.4. The van der Waals surface area contributed by atoms with Crippen molar-refractivity contribution >= 4 is 35.4 Å². The maximum Gasteiger partial charge on any atom is 0.343 e. The van der Waals surface area contributed by atoms with Gasteiger partial charge in [0.25, 0.3) is 0 Å². The van der Waals surface area contributed by atoms with Gasteiger partial charge in [0.05, 0.1) is 74.3 Å². The second-order valence-electron chi connectivity index (χ2n) is 35.0. The minimum Gasteiger partial charge on any atom is -0.462 e. The quantitative estimate of drug-likeness (QED) is 0.0433. The number of amides is 4. The smallest absolute Gasteiger partial charge is 0.343 e. The van der Waals surface area contributed by atoms with Crippen molar-refractivity contribution in [1.29, 1.82) is 0 Å². The first-order valence-corrected chi connectivity index (χ1v) is 42.5. The van der Waals surface area contributed by atoms with Crippen LogP contribution in [0.15, 0.2) is 143 Å². The van der Waals surface area contributed by atoms with Crippen molar-refractivity contribution < 1.29 is 116 Å². The van der Waals surface area contributed by atoms with Crippen molar-refractivity contribution in [2.45, 2.75) is 306 Å². The monoisotopic (exact) mass is 1650 g/mol. The van der Waals surface area contributed by atoms with Crippen molar-refractivity contribution in [3.05, 3.63) is 143 Å². The predicted molar refractivity (Wildman–Crippen MR) is 434 cm³/mol. The molecule has 12 aliphatic rings. The van der Waals surface area contributed by atoms with Crippen molar-refractivity contribution in [2.24, 2.45) is 47.3 Å². The lowest BCUT2D eigenvalue weighted by Crippen LogP contribution is -2.58. The molecule has 0 saturated carbocycles. The van der Waals surface area contributed by atoms with Gasteiger partial charge in [-0.1, -0.05) is 147 Å². The molecule has 6 saturated heterocycles. The molecule has 13 rings (SSSR count). The van der Waals surface area contributed by atoms with Crippen LogP contribution in [0.5, 0.6) is 0 Å². The van der Waals surface area contributed by atoms with Crippen LogP contribution < -0.4 is 21.6 Å². The number of anilines is 2. The molecule has 2 aliphatic carbocycles. The number of aliphatic hydroxyl groups is 4. The van der Waals surface area contributed by atoms with Crippen LogP contribution >= 0.6 is 0 Å². The van der Waals surface area contributed by atoms with Crippen LogP contribution in [0.1, 0.15) is 161 Å². The third-order valence-corrected chi connectivity index (χ3v) is 26.4. The van der Waals surface area contributed by atoms with Gasteiger partial charge in [0.2, 0.25) is 0 Å². The van der Waals surface area contributed by atoms with Gasteiger partial charge >= 0.3 is 24.0 Å². The summed E-state index contributed by atoms with van der Waals surface area (Å²) in [7, 11) is 3.10. The number of carbonyl (C=O) groups is 4. The van der Waals surface area contributed by atoms with E-state index in [1.807, 2.05) is 64.2 Å². The normalized spacial score (nSPS) is 44.3. The molecular formula is C90H126N4O24. The van der Waals surface area contributed by atoms with Crippen molar-refractivity contribution in [3.63, 3.8) is 0 Å². The summed E-state index contributed by atoms with van der Waals surface area (Å²) in [4.78, 5) is 68.5. The highest BCUT2D eigenvalue weighted by atomic mass is 16.7. The Hall–Kier alpha value is -6.62. The number of benzene rings is 1. The van der Waals surface area contributed by atoms with Crippen LogP contribution in [-0.4, -0.2) is 217 Å². The fourth-order valence-electron chi connectivity index (χ4n) is 19.3. The fraction of sp³-hybridized carbons (Fsp3) is 0.667. The molecule has 10 heterocycles. The summed E-state index contributed by atoms with van der Waals surface area (Å²) in [6.07, 6.45) is 16.7. The molecule has 0 radical (unpaired) electrons. The minimum atomic E-state index is -1.91. The molecular weight excluding hydrogens is 1520 g/mol. The van der Waals surface area contributed by atoms with E-state index < -0.39 is 169 Å². The average Bonchev–Trinajstić information content (AvgIpc) is 1.55. The molecule has 2 unspecified atom stereocenters. The number of fused-ring (bicyclic) bond motifs is 4. The van der Waals surface area contributed by atoms with Gasteiger partial charge in [0.15, 0.2) is 24.2 Å². The van der Waals surface area contributed by atoms with E-state index in [9.17, 15) is 39.6 Å². The molecule has 8 N–H and O–H groups in total. The van der Waals surface area contributed by atoms with E-state index in [-0.39, 0.29) is 86.6 Å². The molecule has 28 nitrogen and oxygen atoms in total. The zero-order valence-corrected chi connectivity index (χ0v) is 71.0. The third kappa shape index (κ3) is 19.1. The lowest BCUT2D eigenvalue weighted by atomic mass is 9.71. The van der Waals surface area contributed by atoms with Crippen molar-refractivity contribution in [1.82, 2.24) is 11.0 Å². The third-order valence-electron chi connectivity index (χ3n) is 26.4. The number of urea groups is 2. The Morgan fingerprint density at radius 2 is 0.958 bits per heavy atom.